The van der Waals surface area contributed by atoms with E-state index in [1.54, 1.807) is 0 Å². The van der Waals surface area contributed by atoms with E-state index in [1.807, 2.05) is 67.6 Å². The van der Waals surface area contributed by atoms with Gasteiger partial charge in [-0.2, -0.15) is 0 Å². The van der Waals surface area contributed by atoms with Gasteiger partial charge in [-0.05, 0) is 24.6 Å². The minimum absolute atomic E-state index is 0. The maximum atomic E-state index is 11.9. The fraction of sp³-hybridized carbons (Fsp3) is 0.278. The van der Waals surface area contributed by atoms with Crippen LogP contribution in [0.4, 0.5) is 0 Å². The van der Waals surface area contributed by atoms with Crippen LogP contribution < -0.4 is 15.8 Å². The van der Waals surface area contributed by atoms with E-state index >= 15 is 0 Å². The summed E-state index contributed by atoms with van der Waals surface area (Å²) in [5.41, 5.74) is 7.00. The zero-order valence-electron chi connectivity index (χ0n) is 13.1. The van der Waals surface area contributed by atoms with Crippen molar-refractivity contribution in [3.8, 4) is 5.75 Å². The van der Waals surface area contributed by atoms with Crippen LogP contribution in [0.2, 0.25) is 0 Å². The van der Waals surface area contributed by atoms with Crippen LogP contribution >= 0.6 is 12.4 Å². The largest absolute Gasteiger partial charge is 0.489 e. The molecule has 3 N–H and O–H groups in total. The van der Waals surface area contributed by atoms with E-state index in [2.05, 4.69) is 5.32 Å². The lowest BCUT2D eigenvalue weighted by molar-refractivity contribution is -0.121. The van der Waals surface area contributed by atoms with Gasteiger partial charge in [0.05, 0.1) is 6.54 Å². The summed E-state index contributed by atoms with van der Waals surface area (Å²) in [7, 11) is 0. The number of para-hydroxylation sites is 1. The predicted octanol–water partition coefficient (Wildman–Crippen LogP) is 3.08. The summed E-state index contributed by atoms with van der Waals surface area (Å²) >= 11 is 0. The molecule has 0 radical (unpaired) electrons. The number of carbonyl (C=O) groups is 1. The topological polar surface area (TPSA) is 64.4 Å². The third-order valence-electron chi connectivity index (χ3n) is 3.30. The van der Waals surface area contributed by atoms with Gasteiger partial charge in [-0.15, -0.1) is 12.4 Å². The molecule has 2 rings (SSSR count). The van der Waals surface area contributed by atoms with Crippen LogP contribution in [0.5, 0.6) is 5.75 Å². The van der Waals surface area contributed by atoms with Crippen LogP contribution in [-0.4, -0.2) is 18.6 Å². The number of benzene rings is 2. The third kappa shape index (κ3) is 6.72. The number of rotatable bonds is 7. The predicted molar refractivity (Wildman–Crippen MR) is 94.8 cm³/mol. The number of hydrogen-bond donors (Lipinski definition) is 2. The monoisotopic (exact) mass is 334 g/mol. The second-order valence-electron chi connectivity index (χ2n) is 5.27. The second kappa shape index (κ2) is 9.87. The van der Waals surface area contributed by atoms with Crippen molar-refractivity contribution in [1.29, 1.82) is 0 Å². The molecule has 124 valence electrons. The van der Waals surface area contributed by atoms with Crippen LogP contribution in [0.1, 0.15) is 24.9 Å². The first-order valence-corrected chi connectivity index (χ1v) is 7.44. The quantitative estimate of drug-likeness (QED) is 0.817. The lowest BCUT2D eigenvalue weighted by Crippen LogP contribution is -2.35. The Morgan fingerprint density at radius 2 is 1.65 bits per heavy atom. The van der Waals surface area contributed by atoms with E-state index in [4.69, 9.17) is 10.5 Å². The summed E-state index contributed by atoms with van der Waals surface area (Å²) in [6, 6.07) is 18.9. The number of amides is 1. The van der Waals surface area contributed by atoms with Gasteiger partial charge >= 0.3 is 0 Å². The third-order valence-corrected chi connectivity index (χ3v) is 3.30. The molecular formula is C18H23ClN2O2. The second-order valence-corrected chi connectivity index (χ2v) is 5.27. The maximum Gasteiger partial charge on any atom is 0.222 e. The van der Waals surface area contributed by atoms with Gasteiger partial charge in [-0.25, -0.2) is 0 Å². The molecule has 0 spiro atoms. The van der Waals surface area contributed by atoms with E-state index in [0.717, 1.165) is 11.3 Å². The summed E-state index contributed by atoms with van der Waals surface area (Å²) in [5.74, 6) is 0.727. The van der Waals surface area contributed by atoms with E-state index < -0.39 is 0 Å². The summed E-state index contributed by atoms with van der Waals surface area (Å²) in [6.45, 7) is 2.37. The minimum atomic E-state index is -0.286. The van der Waals surface area contributed by atoms with Gasteiger partial charge in [-0.3, -0.25) is 4.79 Å². The van der Waals surface area contributed by atoms with Crippen LogP contribution in [-0.2, 0) is 4.79 Å². The highest BCUT2D eigenvalue weighted by atomic mass is 35.5. The molecule has 4 nitrogen and oxygen atoms in total. The van der Waals surface area contributed by atoms with Crippen molar-refractivity contribution in [2.75, 3.05) is 6.54 Å². The first kappa shape index (κ1) is 19.0. The minimum Gasteiger partial charge on any atom is -0.489 e. The molecule has 0 saturated carbocycles. The SMILES string of the molecule is CC(CNC(=O)CC(N)c1ccccc1)Oc1ccccc1.Cl. The van der Waals surface area contributed by atoms with Gasteiger partial charge in [-0.1, -0.05) is 48.5 Å². The van der Waals surface area contributed by atoms with E-state index in [-0.39, 0.29) is 36.9 Å². The van der Waals surface area contributed by atoms with Gasteiger partial charge in [0.25, 0.3) is 0 Å². The molecule has 5 heteroatoms. The molecule has 0 aromatic heterocycles. The standard InChI is InChI=1S/C18H22N2O2.ClH/c1-14(22-16-10-6-3-7-11-16)13-20-18(21)12-17(19)15-8-4-2-5-9-15;/h2-11,14,17H,12-13,19H2,1H3,(H,20,21);1H. The fourth-order valence-corrected chi connectivity index (χ4v) is 2.12. The Morgan fingerprint density at radius 3 is 2.26 bits per heavy atom. The number of hydrogen-bond acceptors (Lipinski definition) is 3. The molecule has 2 aromatic carbocycles. The van der Waals surface area contributed by atoms with Crippen molar-refractivity contribution in [1.82, 2.24) is 5.32 Å². The Bertz CT molecular complexity index is 578. The van der Waals surface area contributed by atoms with Crippen molar-refractivity contribution in [2.45, 2.75) is 25.5 Å². The Labute approximate surface area is 143 Å². The molecule has 0 aliphatic heterocycles. The molecule has 0 saturated heterocycles. The highest BCUT2D eigenvalue weighted by molar-refractivity contribution is 5.85. The molecule has 0 fully saturated rings. The number of carbonyl (C=O) groups excluding carboxylic acids is 1. The van der Waals surface area contributed by atoms with E-state index in [1.165, 1.54) is 0 Å². The number of nitrogens with two attached hydrogens (primary N) is 1. The number of halogens is 1. The molecule has 23 heavy (non-hydrogen) atoms. The van der Waals surface area contributed by atoms with Crippen LogP contribution in [0, 0.1) is 0 Å². The van der Waals surface area contributed by atoms with Gasteiger partial charge in [0.1, 0.15) is 11.9 Å². The summed E-state index contributed by atoms with van der Waals surface area (Å²) < 4.78 is 5.71. The molecule has 0 heterocycles. The zero-order valence-corrected chi connectivity index (χ0v) is 14.0. The average Bonchev–Trinajstić information content (AvgIpc) is 2.55. The van der Waals surface area contributed by atoms with Crippen LogP contribution in [0.25, 0.3) is 0 Å². The first-order valence-electron chi connectivity index (χ1n) is 7.44. The lowest BCUT2D eigenvalue weighted by atomic mass is 10.0. The smallest absolute Gasteiger partial charge is 0.222 e. The Hall–Kier alpha value is -2.04. The van der Waals surface area contributed by atoms with Crippen LogP contribution in [0.15, 0.2) is 60.7 Å². The average molecular weight is 335 g/mol. The maximum absolute atomic E-state index is 11.9. The lowest BCUT2D eigenvalue weighted by Gasteiger charge is -2.16. The molecule has 0 aliphatic rings. The highest BCUT2D eigenvalue weighted by Crippen LogP contribution is 2.13. The summed E-state index contributed by atoms with van der Waals surface area (Å²) in [5, 5.41) is 2.86. The Balaban J connectivity index is 0.00000264. The Kier molecular flexibility index (Phi) is 8.16. The Morgan fingerprint density at radius 1 is 1.09 bits per heavy atom. The van der Waals surface area contributed by atoms with Crippen molar-refractivity contribution < 1.29 is 9.53 Å². The van der Waals surface area contributed by atoms with Crippen LogP contribution in [0.3, 0.4) is 0 Å². The van der Waals surface area contributed by atoms with Crippen molar-refractivity contribution in [3.63, 3.8) is 0 Å². The van der Waals surface area contributed by atoms with Crippen molar-refractivity contribution in [2.24, 2.45) is 5.73 Å². The molecule has 1 amide bonds. The number of ether oxygens (including phenoxy) is 1. The number of nitrogens with one attached hydrogen (secondary N) is 1. The van der Waals surface area contributed by atoms with E-state index in [9.17, 15) is 4.79 Å². The first-order chi connectivity index (χ1) is 10.6. The van der Waals surface area contributed by atoms with Gasteiger partial charge in [0.2, 0.25) is 5.91 Å². The van der Waals surface area contributed by atoms with Gasteiger partial charge in [0, 0.05) is 12.5 Å². The molecule has 2 unspecified atom stereocenters. The summed E-state index contributed by atoms with van der Waals surface area (Å²) in [4.78, 5) is 11.9. The van der Waals surface area contributed by atoms with Crippen molar-refractivity contribution in [3.05, 3.63) is 66.2 Å². The molecule has 0 bridgehead atoms. The molecule has 2 aromatic rings. The van der Waals surface area contributed by atoms with Gasteiger partial charge in [0.15, 0.2) is 0 Å². The van der Waals surface area contributed by atoms with Gasteiger partial charge < -0.3 is 15.8 Å². The fourth-order valence-electron chi connectivity index (χ4n) is 2.12. The van der Waals surface area contributed by atoms with Crippen molar-refractivity contribution >= 4 is 18.3 Å². The van der Waals surface area contributed by atoms with E-state index in [0.29, 0.717) is 6.54 Å². The molecular weight excluding hydrogens is 312 g/mol. The highest BCUT2D eigenvalue weighted by Gasteiger charge is 2.12. The molecule has 2 atom stereocenters. The summed E-state index contributed by atoms with van der Waals surface area (Å²) in [6.07, 6.45) is 0.168. The molecule has 0 aliphatic carbocycles. The zero-order chi connectivity index (χ0) is 15.8. The normalized spacial score (nSPS) is 12.6.